The molecule has 1 aromatic rings. The van der Waals surface area contributed by atoms with Crippen LogP contribution in [-0.2, 0) is 6.42 Å². The molecule has 3 heteroatoms. The third-order valence-electron chi connectivity index (χ3n) is 2.89. The summed E-state index contributed by atoms with van der Waals surface area (Å²) in [5, 5.41) is 9.34. The first-order chi connectivity index (χ1) is 6.67. The molecular weight excluding hydrogens is 203 g/mol. The van der Waals surface area contributed by atoms with E-state index in [0.29, 0.717) is 6.42 Å². The number of aliphatic hydroxyl groups excluding tert-OH is 1. The SMILES string of the molecule is OCC1(Cc2cccc(F)c2Cl)CC1. The van der Waals surface area contributed by atoms with Gasteiger partial charge in [-0.15, -0.1) is 0 Å². The molecule has 1 aliphatic rings. The summed E-state index contributed by atoms with van der Waals surface area (Å²) in [6.07, 6.45) is 2.70. The molecule has 1 saturated carbocycles. The van der Waals surface area contributed by atoms with Crippen LogP contribution in [-0.4, -0.2) is 11.7 Å². The summed E-state index contributed by atoms with van der Waals surface area (Å²) in [5.41, 5.74) is 0.787. The van der Waals surface area contributed by atoms with Gasteiger partial charge in [-0.25, -0.2) is 4.39 Å². The first-order valence-electron chi connectivity index (χ1n) is 4.71. The summed E-state index contributed by atoms with van der Waals surface area (Å²) in [4.78, 5) is 0. The Kier molecular flexibility index (Phi) is 2.50. The van der Waals surface area contributed by atoms with Crippen molar-refractivity contribution >= 4 is 11.6 Å². The van der Waals surface area contributed by atoms with E-state index in [2.05, 4.69) is 0 Å². The topological polar surface area (TPSA) is 20.2 Å². The highest BCUT2D eigenvalue weighted by Crippen LogP contribution is 2.48. The second-order valence-corrected chi connectivity index (χ2v) is 4.43. The average Bonchev–Trinajstić information content (AvgIpc) is 2.94. The van der Waals surface area contributed by atoms with Crippen molar-refractivity contribution in [1.82, 2.24) is 0 Å². The fourth-order valence-electron chi connectivity index (χ4n) is 1.66. The number of halogens is 2. The lowest BCUT2D eigenvalue weighted by Crippen LogP contribution is -2.10. The van der Waals surface area contributed by atoms with Crippen molar-refractivity contribution in [3.05, 3.63) is 34.6 Å². The van der Waals surface area contributed by atoms with Gasteiger partial charge in [-0.2, -0.15) is 0 Å². The molecule has 0 radical (unpaired) electrons. The molecular formula is C11H12ClFO. The first kappa shape index (κ1) is 9.94. The zero-order chi connectivity index (χ0) is 10.2. The van der Waals surface area contributed by atoms with Crippen LogP contribution >= 0.6 is 11.6 Å². The van der Waals surface area contributed by atoms with Crippen LogP contribution in [0.4, 0.5) is 4.39 Å². The summed E-state index contributed by atoms with van der Waals surface area (Å²) in [6, 6.07) is 4.83. The predicted molar refractivity (Wildman–Crippen MR) is 53.9 cm³/mol. The Labute approximate surface area is 87.5 Å². The number of benzene rings is 1. The van der Waals surface area contributed by atoms with E-state index in [9.17, 15) is 4.39 Å². The Balaban J connectivity index is 2.21. The van der Waals surface area contributed by atoms with Crippen LogP contribution in [0.1, 0.15) is 18.4 Å². The predicted octanol–water partition coefficient (Wildman–Crippen LogP) is 2.79. The fourth-order valence-corrected chi connectivity index (χ4v) is 1.85. The van der Waals surface area contributed by atoms with Crippen LogP contribution in [0, 0.1) is 11.2 Å². The molecule has 2 rings (SSSR count). The molecule has 1 aliphatic carbocycles. The number of aliphatic hydroxyl groups is 1. The van der Waals surface area contributed by atoms with Gasteiger partial charge in [0.05, 0.1) is 5.02 Å². The maximum absolute atomic E-state index is 13.1. The lowest BCUT2D eigenvalue weighted by molar-refractivity contribution is 0.211. The molecule has 1 N–H and O–H groups in total. The van der Waals surface area contributed by atoms with Crippen LogP contribution < -0.4 is 0 Å². The number of hydrogen-bond donors (Lipinski definition) is 1. The Morgan fingerprint density at radius 2 is 2.14 bits per heavy atom. The summed E-state index contributed by atoms with van der Waals surface area (Å²) < 4.78 is 13.1. The smallest absolute Gasteiger partial charge is 0.142 e. The molecule has 14 heavy (non-hydrogen) atoms. The minimum atomic E-state index is -0.377. The van der Waals surface area contributed by atoms with E-state index in [1.54, 1.807) is 6.07 Å². The van der Waals surface area contributed by atoms with Crippen LogP contribution in [0.2, 0.25) is 5.02 Å². The molecule has 76 valence electrons. The van der Waals surface area contributed by atoms with Gasteiger partial charge in [-0.1, -0.05) is 23.7 Å². The van der Waals surface area contributed by atoms with Crippen molar-refractivity contribution in [3.63, 3.8) is 0 Å². The largest absolute Gasteiger partial charge is 0.396 e. The molecule has 1 fully saturated rings. The third kappa shape index (κ3) is 1.77. The van der Waals surface area contributed by atoms with E-state index in [4.69, 9.17) is 16.7 Å². The van der Waals surface area contributed by atoms with Gasteiger partial charge < -0.3 is 5.11 Å². The highest BCUT2D eigenvalue weighted by molar-refractivity contribution is 6.31. The van der Waals surface area contributed by atoms with Crippen LogP contribution in [0.25, 0.3) is 0 Å². The first-order valence-corrected chi connectivity index (χ1v) is 5.08. The van der Waals surface area contributed by atoms with E-state index >= 15 is 0 Å². The average molecular weight is 215 g/mol. The number of hydrogen-bond acceptors (Lipinski definition) is 1. The zero-order valence-corrected chi connectivity index (χ0v) is 8.52. The molecule has 0 atom stereocenters. The van der Waals surface area contributed by atoms with E-state index in [1.165, 1.54) is 6.07 Å². The third-order valence-corrected chi connectivity index (χ3v) is 3.31. The molecule has 0 spiro atoms. The molecule has 0 heterocycles. The molecule has 0 unspecified atom stereocenters. The number of rotatable bonds is 3. The second-order valence-electron chi connectivity index (χ2n) is 4.05. The Morgan fingerprint density at radius 1 is 1.43 bits per heavy atom. The molecule has 0 saturated heterocycles. The zero-order valence-electron chi connectivity index (χ0n) is 7.76. The summed E-state index contributed by atoms with van der Waals surface area (Å²) in [6.45, 7) is 0.167. The quantitative estimate of drug-likeness (QED) is 0.821. The van der Waals surface area contributed by atoms with E-state index < -0.39 is 0 Å². The van der Waals surface area contributed by atoms with E-state index in [-0.39, 0.29) is 22.9 Å². The van der Waals surface area contributed by atoms with Crippen molar-refractivity contribution in [2.24, 2.45) is 5.41 Å². The van der Waals surface area contributed by atoms with Crippen molar-refractivity contribution in [2.75, 3.05) is 6.61 Å². The molecule has 1 nitrogen and oxygen atoms in total. The Hall–Kier alpha value is -0.600. The van der Waals surface area contributed by atoms with Crippen LogP contribution in [0.5, 0.6) is 0 Å². The van der Waals surface area contributed by atoms with Gasteiger partial charge in [-0.3, -0.25) is 0 Å². The second kappa shape index (κ2) is 3.52. The van der Waals surface area contributed by atoms with Gasteiger partial charge in [0.1, 0.15) is 5.82 Å². The molecule has 0 amide bonds. The Morgan fingerprint density at radius 3 is 2.71 bits per heavy atom. The highest BCUT2D eigenvalue weighted by Gasteiger charge is 2.42. The monoisotopic (exact) mass is 214 g/mol. The van der Waals surface area contributed by atoms with Gasteiger partial charge >= 0.3 is 0 Å². The van der Waals surface area contributed by atoms with Gasteiger partial charge in [0.2, 0.25) is 0 Å². The summed E-state index contributed by atoms with van der Waals surface area (Å²) in [7, 11) is 0. The normalized spacial score (nSPS) is 18.2. The minimum absolute atomic E-state index is 0.0164. The molecule has 0 aromatic heterocycles. The fraction of sp³-hybridized carbons (Fsp3) is 0.455. The maximum Gasteiger partial charge on any atom is 0.142 e. The highest BCUT2D eigenvalue weighted by atomic mass is 35.5. The van der Waals surface area contributed by atoms with Crippen LogP contribution in [0.15, 0.2) is 18.2 Å². The van der Waals surface area contributed by atoms with Gasteiger partial charge in [0.25, 0.3) is 0 Å². The minimum Gasteiger partial charge on any atom is -0.396 e. The molecule has 1 aromatic carbocycles. The van der Waals surface area contributed by atoms with Gasteiger partial charge in [0.15, 0.2) is 0 Å². The van der Waals surface area contributed by atoms with Gasteiger partial charge in [-0.05, 0) is 36.3 Å². The van der Waals surface area contributed by atoms with E-state index in [0.717, 1.165) is 18.4 Å². The van der Waals surface area contributed by atoms with Crippen molar-refractivity contribution in [2.45, 2.75) is 19.3 Å². The standard InChI is InChI=1S/C11H12ClFO/c12-10-8(2-1-3-9(10)13)6-11(7-14)4-5-11/h1-3,14H,4-7H2. The van der Waals surface area contributed by atoms with Gasteiger partial charge in [0, 0.05) is 6.61 Å². The van der Waals surface area contributed by atoms with Crippen molar-refractivity contribution < 1.29 is 9.50 Å². The lowest BCUT2D eigenvalue weighted by atomic mass is 9.97. The Bertz CT molecular complexity index is 347. The van der Waals surface area contributed by atoms with Crippen molar-refractivity contribution in [1.29, 1.82) is 0 Å². The lowest BCUT2D eigenvalue weighted by Gasteiger charge is -2.12. The molecule has 0 aliphatic heterocycles. The van der Waals surface area contributed by atoms with E-state index in [1.807, 2.05) is 6.07 Å². The maximum atomic E-state index is 13.1. The van der Waals surface area contributed by atoms with Crippen LogP contribution in [0.3, 0.4) is 0 Å². The molecule has 0 bridgehead atoms. The summed E-state index contributed by atoms with van der Waals surface area (Å²) >= 11 is 5.83. The van der Waals surface area contributed by atoms with Crippen molar-refractivity contribution in [3.8, 4) is 0 Å². The summed E-state index contributed by atoms with van der Waals surface area (Å²) in [5.74, 6) is -0.377.